The second-order valence-corrected chi connectivity index (χ2v) is 7.51. The Bertz CT molecular complexity index is 1030. The minimum absolute atomic E-state index is 0.0525. The number of aromatic hydroxyl groups is 1. The fourth-order valence-electron chi connectivity index (χ4n) is 2.74. The van der Waals surface area contributed by atoms with Gasteiger partial charge in [-0.15, -0.1) is 0 Å². The SMILES string of the molecule is CC[C@@H](C)c1ccc(O)c(NC(=S)NC(=O)c2ccc(-c3ccc(Cl)cc3)o2)c1. The van der Waals surface area contributed by atoms with E-state index in [0.717, 1.165) is 17.5 Å². The number of hydrogen-bond donors (Lipinski definition) is 3. The number of furan rings is 1. The van der Waals surface area contributed by atoms with Crippen molar-refractivity contribution < 1.29 is 14.3 Å². The van der Waals surface area contributed by atoms with Crippen molar-refractivity contribution in [2.75, 3.05) is 5.32 Å². The monoisotopic (exact) mass is 428 g/mol. The van der Waals surface area contributed by atoms with Crippen LogP contribution in [-0.2, 0) is 0 Å². The quantitative estimate of drug-likeness (QED) is 0.346. The number of rotatable bonds is 5. The first kappa shape index (κ1) is 20.9. The van der Waals surface area contributed by atoms with Crippen LogP contribution in [-0.4, -0.2) is 16.1 Å². The van der Waals surface area contributed by atoms with E-state index < -0.39 is 5.91 Å². The third-order valence-corrected chi connectivity index (χ3v) is 5.09. The van der Waals surface area contributed by atoms with Crippen LogP contribution in [0.25, 0.3) is 11.3 Å². The summed E-state index contributed by atoms with van der Waals surface area (Å²) in [5.41, 5.74) is 2.32. The molecule has 0 radical (unpaired) electrons. The third-order valence-electron chi connectivity index (χ3n) is 4.64. The zero-order valence-corrected chi connectivity index (χ0v) is 17.6. The second kappa shape index (κ2) is 9.11. The Kier molecular flexibility index (Phi) is 6.56. The van der Waals surface area contributed by atoms with Crippen LogP contribution in [0.5, 0.6) is 5.75 Å². The minimum Gasteiger partial charge on any atom is -0.506 e. The number of phenols is 1. The first-order valence-corrected chi connectivity index (χ1v) is 9.97. The van der Waals surface area contributed by atoms with Crippen LogP contribution in [0, 0.1) is 0 Å². The topological polar surface area (TPSA) is 74.5 Å². The van der Waals surface area contributed by atoms with Crippen LogP contribution in [0.2, 0.25) is 5.02 Å². The van der Waals surface area contributed by atoms with Crippen molar-refractivity contribution in [1.29, 1.82) is 0 Å². The molecule has 7 heteroatoms. The maximum absolute atomic E-state index is 12.4. The predicted molar refractivity (Wildman–Crippen MR) is 120 cm³/mol. The summed E-state index contributed by atoms with van der Waals surface area (Å²) in [7, 11) is 0. The molecule has 0 aliphatic carbocycles. The second-order valence-electron chi connectivity index (χ2n) is 6.66. The number of hydrogen-bond acceptors (Lipinski definition) is 4. The molecular formula is C22H21ClN2O3S. The van der Waals surface area contributed by atoms with Crippen molar-refractivity contribution in [2.45, 2.75) is 26.2 Å². The van der Waals surface area contributed by atoms with Crippen molar-refractivity contribution >= 4 is 40.5 Å². The van der Waals surface area contributed by atoms with E-state index in [9.17, 15) is 9.90 Å². The standard InChI is InChI=1S/C22H21ClN2O3S/c1-3-13(2)15-6-9-18(26)17(12-15)24-22(29)25-21(27)20-11-10-19(28-20)14-4-7-16(23)8-5-14/h4-13,26H,3H2,1-2H3,(H2,24,25,27,29)/t13-/m1/s1. The van der Waals surface area contributed by atoms with Crippen molar-refractivity contribution in [1.82, 2.24) is 5.32 Å². The smallest absolute Gasteiger partial charge is 0.293 e. The van der Waals surface area contributed by atoms with E-state index in [-0.39, 0.29) is 16.6 Å². The van der Waals surface area contributed by atoms with Gasteiger partial charge in [0.2, 0.25) is 0 Å². The first-order valence-electron chi connectivity index (χ1n) is 9.18. The fraction of sp³-hybridized carbons (Fsp3) is 0.182. The molecule has 1 amide bonds. The van der Waals surface area contributed by atoms with E-state index in [1.165, 1.54) is 0 Å². The van der Waals surface area contributed by atoms with Crippen LogP contribution < -0.4 is 10.6 Å². The van der Waals surface area contributed by atoms with Gasteiger partial charge in [-0.25, -0.2) is 0 Å². The number of thiocarbonyl (C=S) groups is 1. The third kappa shape index (κ3) is 5.16. The molecule has 5 nitrogen and oxygen atoms in total. The molecule has 0 bridgehead atoms. The molecule has 29 heavy (non-hydrogen) atoms. The van der Waals surface area contributed by atoms with E-state index >= 15 is 0 Å². The molecule has 0 fully saturated rings. The van der Waals surface area contributed by atoms with Crippen molar-refractivity contribution in [3.05, 3.63) is 70.9 Å². The Hall–Kier alpha value is -2.83. The van der Waals surface area contributed by atoms with Crippen LogP contribution in [0.4, 0.5) is 5.69 Å². The summed E-state index contributed by atoms with van der Waals surface area (Å²) in [5, 5.41) is 16.2. The molecule has 0 aliphatic rings. The Morgan fingerprint density at radius 2 is 1.90 bits per heavy atom. The number of phenolic OH excluding ortho intramolecular Hbond substituents is 1. The molecule has 0 spiro atoms. The van der Waals surface area contributed by atoms with Gasteiger partial charge in [0.15, 0.2) is 10.9 Å². The molecule has 2 aromatic carbocycles. The first-order chi connectivity index (χ1) is 13.9. The Balaban J connectivity index is 1.67. The van der Waals surface area contributed by atoms with E-state index in [1.807, 2.05) is 24.3 Å². The average Bonchev–Trinajstić information content (AvgIpc) is 3.20. The Morgan fingerprint density at radius 3 is 2.59 bits per heavy atom. The Labute approximate surface area is 179 Å². The lowest BCUT2D eigenvalue weighted by Gasteiger charge is -2.14. The van der Waals surface area contributed by atoms with Crippen molar-refractivity contribution in [2.24, 2.45) is 0 Å². The maximum Gasteiger partial charge on any atom is 0.293 e. The maximum atomic E-state index is 12.4. The van der Waals surface area contributed by atoms with E-state index in [4.69, 9.17) is 28.2 Å². The van der Waals surface area contributed by atoms with Gasteiger partial charge in [0.25, 0.3) is 5.91 Å². The molecule has 1 heterocycles. The van der Waals surface area contributed by atoms with E-state index in [1.54, 1.807) is 30.3 Å². The number of carbonyl (C=O) groups is 1. The van der Waals surface area contributed by atoms with Gasteiger partial charge in [-0.2, -0.15) is 0 Å². The molecule has 3 rings (SSSR count). The average molecular weight is 429 g/mol. The molecule has 150 valence electrons. The molecule has 3 aromatic rings. The van der Waals surface area contributed by atoms with Crippen LogP contribution in [0.15, 0.2) is 59.0 Å². The largest absolute Gasteiger partial charge is 0.506 e. The number of amides is 1. The van der Waals surface area contributed by atoms with Crippen molar-refractivity contribution in [3.8, 4) is 17.1 Å². The lowest BCUT2D eigenvalue weighted by atomic mass is 9.98. The summed E-state index contributed by atoms with van der Waals surface area (Å²) in [6, 6.07) is 15.7. The molecule has 0 aliphatic heterocycles. The van der Waals surface area contributed by atoms with Gasteiger partial charge < -0.3 is 14.8 Å². The predicted octanol–water partition coefficient (Wildman–Crippen LogP) is 5.95. The summed E-state index contributed by atoms with van der Waals surface area (Å²) >= 11 is 11.1. The number of anilines is 1. The van der Waals surface area contributed by atoms with E-state index in [0.29, 0.717) is 22.4 Å². The number of carbonyl (C=O) groups excluding carboxylic acids is 1. The summed E-state index contributed by atoms with van der Waals surface area (Å²) in [4.78, 5) is 12.4. The van der Waals surface area contributed by atoms with Gasteiger partial charge in [0.05, 0.1) is 5.69 Å². The minimum atomic E-state index is -0.486. The fourth-order valence-corrected chi connectivity index (χ4v) is 3.07. The molecular weight excluding hydrogens is 408 g/mol. The zero-order valence-electron chi connectivity index (χ0n) is 16.0. The normalized spacial score (nSPS) is 11.7. The lowest BCUT2D eigenvalue weighted by molar-refractivity contribution is 0.0951. The summed E-state index contributed by atoms with van der Waals surface area (Å²) in [6.45, 7) is 4.20. The van der Waals surface area contributed by atoms with Gasteiger partial charge in [-0.3, -0.25) is 10.1 Å². The lowest BCUT2D eigenvalue weighted by Crippen LogP contribution is -2.33. The van der Waals surface area contributed by atoms with Crippen molar-refractivity contribution in [3.63, 3.8) is 0 Å². The highest BCUT2D eigenvalue weighted by Gasteiger charge is 2.15. The molecule has 1 aromatic heterocycles. The number of benzene rings is 2. The summed E-state index contributed by atoms with van der Waals surface area (Å²) in [5.74, 6) is 0.576. The van der Waals surface area contributed by atoms with Gasteiger partial charge in [-0.1, -0.05) is 31.5 Å². The highest BCUT2D eigenvalue weighted by Crippen LogP contribution is 2.29. The number of nitrogens with one attached hydrogen (secondary N) is 2. The van der Waals surface area contributed by atoms with E-state index in [2.05, 4.69) is 24.5 Å². The van der Waals surface area contributed by atoms with Crippen LogP contribution in [0.3, 0.4) is 0 Å². The van der Waals surface area contributed by atoms with Gasteiger partial charge in [-0.05, 0) is 78.7 Å². The molecule has 0 saturated heterocycles. The molecule has 0 unspecified atom stereocenters. The van der Waals surface area contributed by atoms with Gasteiger partial charge in [0, 0.05) is 10.6 Å². The highest BCUT2D eigenvalue weighted by atomic mass is 35.5. The van der Waals surface area contributed by atoms with Gasteiger partial charge in [0.1, 0.15) is 11.5 Å². The van der Waals surface area contributed by atoms with Crippen LogP contribution >= 0.6 is 23.8 Å². The Morgan fingerprint density at radius 1 is 1.17 bits per heavy atom. The highest BCUT2D eigenvalue weighted by molar-refractivity contribution is 7.80. The zero-order chi connectivity index (χ0) is 21.0. The summed E-state index contributed by atoms with van der Waals surface area (Å²) < 4.78 is 5.62. The summed E-state index contributed by atoms with van der Waals surface area (Å²) in [6.07, 6.45) is 0.972. The molecule has 1 atom stereocenters. The van der Waals surface area contributed by atoms with Gasteiger partial charge >= 0.3 is 0 Å². The molecule has 3 N–H and O–H groups in total. The number of halogens is 1. The van der Waals surface area contributed by atoms with Crippen LogP contribution in [0.1, 0.15) is 42.3 Å². The molecule has 0 saturated carbocycles.